The van der Waals surface area contributed by atoms with Crippen molar-refractivity contribution < 1.29 is 19.1 Å². The second kappa shape index (κ2) is 4.68. The van der Waals surface area contributed by atoms with Crippen LogP contribution in [0.4, 0.5) is 0 Å². The number of nitrogens with zero attached hydrogens (tertiary/aromatic N) is 1. The summed E-state index contributed by atoms with van der Waals surface area (Å²) in [4.78, 5) is 24.8. The molecule has 0 bridgehead atoms. The van der Waals surface area contributed by atoms with Crippen LogP contribution in [-0.2, 0) is 13.1 Å². The fourth-order valence-electron chi connectivity index (χ4n) is 2.29. The van der Waals surface area contributed by atoms with E-state index in [1.165, 1.54) is 12.3 Å². The first-order chi connectivity index (χ1) is 9.56. The number of furan rings is 1. The van der Waals surface area contributed by atoms with E-state index in [0.29, 0.717) is 18.7 Å². The Morgan fingerprint density at radius 3 is 2.60 bits per heavy atom. The summed E-state index contributed by atoms with van der Waals surface area (Å²) in [5, 5.41) is 9.03. The van der Waals surface area contributed by atoms with Gasteiger partial charge in [-0.3, -0.25) is 4.79 Å². The molecule has 0 radical (unpaired) electrons. The van der Waals surface area contributed by atoms with Gasteiger partial charge in [-0.25, -0.2) is 4.79 Å². The molecule has 0 unspecified atom stereocenters. The molecule has 1 aromatic carbocycles. The van der Waals surface area contributed by atoms with Crippen molar-refractivity contribution in [1.29, 1.82) is 0 Å². The quantitative estimate of drug-likeness (QED) is 0.923. The zero-order valence-corrected chi connectivity index (χ0v) is 11.1. The van der Waals surface area contributed by atoms with E-state index in [-0.39, 0.29) is 16.7 Å². The first-order valence-electron chi connectivity index (χ1n) is 5.93. The summed E-state index contributed by atoms with van der Waals surface area (Å²) in [5.74, 6) is -1.20. The minimum absolute atomic E-state index is 0.0668. The number of rotatable bonds is 2. The number of halogens is 1. The summed E-state index contributed by atoms with van der Waals surface area (Å²) in [6.07, 6.45) is 1.36. The molecular weight excluding hydrogens is 282 g/mol. The molecule has 6 heteroatoms. The van der Waals surface area contributed by atoms with E-state index in [9.17, 15) is 9.59 Å². The second-order valence-corrected chi connectivity index (χ2v) is 4.90. The van der Waals surface area contributed by atoms with Crippen molar-refractivity contribution in [2.45, 2.75) is 13.1 Å². The molecule has 5 nitrogen and oxygen atoms in total. The fraction of sp³-hybridized carbons (Fsp3) is 0.143. The molecule has 20 heavy (non-hydrogen) atoms. The number of fused-ring (bicyclic) bond motifs is 1. The molecule has 0 aliphatic carbocycles. The maximum Gasteiger partial charge on any atom is 0.335 e. The van der Waals surface area contributed by atoms with Gasteiger partial charge in [-0.15, -0.1) is 0 Å². The van der Waals surface area contributed by atoms with Crippen LogP contribution in [0.25, 0.3) is 0 Å². The molecule has 2 aromatic rings. The highest BCUT2D eigenvalue weighted by atomic mass is 35.5. The molecule has 0 saturated carbocycles. The average Bonchev–Trinajstić information content (AvgIpc) is 3.02. The van der Waals surface area contributed by atoms with Crippen LogP contribution in [0.1, 0.15) is 31.8 Å². The predicted octanol–water partition coefficient (Wildman–Crippen LogP) is 2.79. The summed E-state index contributed by atoms with van der Waals surface area (Å²) in [5.41, 5.74) is 2.33. The van der Waals surface area contributed by atoms with Crippen LogP contribution in [0.2, 0.25) is 5.22 Å². The summed E-state index contributed by atoms with van der Waals surface area (Å²) < 4.78 is 4.91. The number of carbonyl (C=O) groups is 2. The molecule has 0 saturated heterocycles. The lowest BCUT2D eigenvalue weighted by Crippen LogP contribution is -2.25. The lowest BCUT2D eigenvalue weighted by molar-refractivity contribution is 0.0696. The number of amides is 1. The van der Waals surface area contributed by atoms with Crippen LogP contribution < -0.4 is 0 Å². The van der Waals surface area contributed by atoms with Gasteiger partial charge >= 0.3 is 5.97 Å². The monoisotopic (exact) mass is 291 g/mol. The van der Waals surface area contributed by atoms with Crippen LogP contribution in [0, 0.1) is 0 Å². The van der Waals surface area contributed by atoms with Gasteiger partial charge in [-0.2, -0.15) is 0 Å². The Hall–Kier alpha value is -2.27. The molecule has 1 amide bonds. The van der Waals surface area contributed by atoms with Gasteiger partial charge in [0.1, 0.15) is 0 Å². The Kier molecular flexibility index (Phi) is 2.99. The van der Waals surface area contributed by atoms with Crippen LogP contribution in [0.5, 0.6) is 0 Å². The molecule has 102 valence electrons. The molecule has 1 aliphatic heterocycles. The normalized spacial score (nSPS) is 13.3. The standard InChI is InChI=1S/C14H10ClNO4/c15-12-11(3-4-20-12)13(17)16-6-9-2-1-8(14(18)19)5-10(9)7-16/h1-5H,6-7H2,(H,18,19). The molecule has 2 heterocycles. The smallest absolute Gasteiger partial charge is 0.335 e. The Bertz CT molecular complexity index is 707. The van der Waals surface area contributed by atoms with Crippen LogP contribution in [0.3, 0.4) is 0 Å². The second-order valence-electron chi connectivity index (χ2n) is 4.56. The molecule has 1 aliphatic rings. The number of carboxylic acid groups (broad SMARTS) is 1. The summed E-state index contributed by atoms with van der Waals surface area (Å²) in [6, 6.07) is 6.40. The summed E-state index contributed by atoms with van der Waals surface area (Å²) in [6.45, 7) is 0.812. The fourth-order valence-corrected chi connectivity index (χ4v) is 2.48. The number of aromatic carboxylic acids is 1. The van der Waals surface area contributed by atoms with E-state index < -0.39 is 5.97 Å². The SMILES string of the molecule is O=C(O)c1ccc2c(c1)CN(C(=O)c1ccoc1Cl)C2. The highest BCUT2D eigenvalue weighted by Crippen LogP contribution is 2.27. The first kappa shape index (κ1) is 12.7. The molecular formula is C14H10ClNO4. The van der Waals surface area contributed by atoms with Crippen molar-refractivity contribution in [3.05, 3.63) is 58.0 Å². The van der Waals surface area contributed by atoms with Gasteiger partial charge in [0.2, 0.25) is 5.22 Å². The topological polar surface area (TPSA) is 70.8 Å². The van der Waals surface area contributed by atoms with Gasteiger partial charge in [-0.1, -0.05) is 6.07 Å². The van der Waals surface area contributed by atoms with Crippen molar-refractivity contribution in [3.8, 4) is 0 Å². The average molecular weight is 292 g/mol. The molecule has 3 rings (SSSR count). The van der Waals surface area contributed by atoms with Gasteiger partial charge in [0, 0.05) is 13.1 Å². The lowest BCUT2D eigenvalue weighted by Gasteiger charge is -2.14. The minimum atomic E-state index is -0.976. The highest BCUT2D eigenvalue weighted by molar-refractivity contribution is 6.32. The summed E-state index contributed by atoms with van der Waals surface area (Å²) in [7, 11) is 0. The van der Waals surface area contributed by atoms with Gasteiger partial charge < -0.3 is 14.4 Å². The molecule has 0 atom stereocenters. The van der Waals surface area contributed by atoms with Crippen molar-refractivity contribution in [3.63, 3.8) is 0 Å². The van der Waals surface area contributed by atoms with Crippen LogP contribution >= 0.6 is 11.6 Å². The van der Waals surface area contributed by atoms with Crippen molar-refractivity contribution in [2.24, 2.45) is 0 Å². The Labute approximate surface area is 119 Å². The van der Waals surface area contributed by atoms with Crippen molar-refractivity contribution in [2.75, 3.05) is 0 Å². The lowest BCUT2D eigenvalue weighted by atomic mass is 10.1. The van der Waals surface area contributed by atoms with Crippen molar-refractivity contribution >= 4 is 23.5 Å². The summed E-state index contributed by atoms with van der Waals surface area (Å²) >= 11 is 5.80. The highest BCUT2D eigenvalue weighted by Gasteiger charge is 2.27. The van der Waals surface area contributed by atoms with Gasteiger partial charge in [0.05, 0.1) is 17.4 Å². The number of carbonyl (C=O) groups excluding carboxylic acids is 1. The molecule has 0 spiro atoms. The maximum absolute atomic E-state index is 12.3. The Morgan fingerprint density at radius 1 is 1.20 bits per heavy atom. The third-order valence-electron chi connectivity index (χ3n) is 3.31. The largest absolute Gasteiger partial charge is 0.478 e. The molecule has 0 fully saturated rings. The Balaban J connectivity index is 1.85. The van der Waals surface area contributed by atoms with E-state index in [0.717, 1.165) is 11.1 Å². The number of hydrogen-bond acceptors (Lipinski definition) is 3. The number of benzene rings is 1. The Morgan fingerprint density at radius 2 is 1.95 bits per heavy atom. The molecule has 1 aromatic heterocycles. The van der Waals surface area contributed by atoms with Crippen LogP contribution in [0.15, 0.2) is 34.9 Å². The van der Waals surface area contributed by atoms with E-state index in [4.69, 9.17) is 21.1 Å². The van der Waals surface area contributed by atoms with Gasteiger partial charge in [0.15, 0.2) is 0 Å². The zero-order valence-electron chi connectivity index (χ0n) is 10.3. The van der Waals surface area contributed by atoms with E-state index in [2.05, 4.69) is 0 Å². The van der Waals surface area contributed by atoms with Crippen LogP contribution in [-0.4, -0.2) is 21.9 Å². The van der Waals surface area contributed by atoms with Crippen molar-refractivity contribution in [1.82, 2.24) is 4.90 Å². The maximum atomic E-state index is 12.3. The number of carboxylic acids is 1. The van der Waals surface area contributed by atoms with Gasteiger partial charge in [-0.05, 0) is 40.9 Å². The first-order valence-corrected chi connectivity index (χ1v) is 6.31. The third kappa shape index (κ3) is 2.06. The third-order valence-corrected chi connectivity index (χ3v) is 3.60. The predicted molar refractivity (Wildman–Crippen MR) is 70.7 cm³/mol. The zero-order chi connectivity index (χ0) is 14.3. The number of hydrogen-bond donors (Lipinski definition) is 1. The van der Waals surface area contributed by atoms with E-state index >= 15 is 0 Å². The molecule has 1 N–H and O–H groups in total. The van der Waals surface area contributed by atoms with E-state index in [1.807, 2.05) is 0 Å². The van der Waals surface area contributed by atoms with Gasteiger partial charge in [0.25, 0.3) is 5.91 Å². The van der Waals surface area contributed by atoms with E-state index in [1.54, 1.807) is 23.1 Å². The minimum Gasteiger partial charge on any atom is -0.478 e.